The largest absolute Gasteiger partial charge is 0.455 e. The zero-order valence-electron chi connectivity index (χ0n) is 24.5. The van der Waals surface area contributed by atoms with E-state index in [1.807, 2.05) is 47.4 Å². The van der Waals surface area contributed by atoms with Crippen molar-refractivity contribution < 1.29 is 31.1 Å². The van der Waals surface area contributed by atoms with E-state index in [4.69, 9.17) is 9.15 Å². The first-order chi connectivity index (χ1) is 20.5. The number of benzene rings is 3. The lowest BCUT2D eigenvalue weighted by atomic mass is 10.1. The van der Waals surface area contributed by atoms with E-state index >= 15 is 0 Å². The number of anilines is 2. The molecule has 0 bridgehead atoms. The Kier molecular flexibility index (Phi) is 9.14. The topological polar surface area (TPSA) is 121 Å². The van der Waals surface area contributed by atoms with Crippen LogP contribution in [0.3, 0.4) is 0 Å². The van der Waals surface area contributed by atoms with Gasteiger partial charge < -0.3 is 19.2 Å². The maximum absolute atomic E-state index is 14.5. The van der Waals surface area contributed by atoms with Crippen LogP contribution in [0.15, 0.2) is 82.1 Å². The second kappa shape index (κ2) is 12.7. The number of hydrogen-bond acceptors (Lipinski definition) is 8. The normalized spacial score (nSPS) is 15.6. The molecule has 1 N–H and O–H groups in total. The van der Waals surface area contributed by atoms with E-state index in [-0.39, 0.29) is 23.8 Å². The monoisotopic (exact) mass is 627 g/mol. The van der Waals surface area contributed by atoms with E-state index < -0.39 is 26.3 Å². The van der Waals surface area contributed by atoms with Crippen molar-refractivity contribution in [2.75, 3.05) is 54.8 Å². The van der Waals surface area contributed by atoms with Crippen molar-refractivity contribution in [2.24, 2.45) is 0 Å². The molecule has 0 spiro atoms. The van der Waals surface area contributed by atoms with Gasteiger partial charge in [-0.25, -0.2) is 16.8 Å². The second-order valence-corrected chi connectivity index (χ2v) is 14.4. The summed E-state index contributed by atoms with van der Waals surface area (Å²) >= 11 is 0. The summed E-state index contributed by atoms with van der Waals surface area (Å²) < 4.78 is 67.2. The molecule has 0 amide bonds. The van der Waals surface area contributed by atoms with Crippen molar-refractivity contribution in [2.45, 2.75) is 31.5 Å². The van der Waals surface area contributed by atoms with E-state index in [1.165, 1.54) is 20.9 Å². The number of para-hydroxylation sites is 2. The average Bonchev–Trinajstić information content (AvgIpc) is 3.33. The molecule has 12 heteroatoms. The molecular formula is C31H37N3O7S2. The summed E-state index contributed by atoms with van der Waals surface area (Å²) in [6.45, 7) is 5.49. The van der Waals surface area contributed by atoms with Crippen LogP contribution >= 0.6 is 0 Å². The number of sulfonamides is 2. The van der Waals surface area contributed by atoms with Crippen molar-refractivity contribution in [1.82, 2.24) is 4.31 Å². The van der Waals surface area contributed by atoms with Crippen molar-refractivity contribution >= 4 is 42.4 Å². The Hall–Kier alpha value is -3.42. The average molecular weight is 628 g/mol. The van der Waals surface area contributed by atoms with Gasteiger partial charge in [0.25, 0.3) is 10.0 Å². The van der Waals surface area contributed by atoms with Crippen LogP contribution in [0.4, 0.5) is 11.4 Å². The number of ether oxygens (including phenoxy) is 1. The van der Waals surface area contributed by atoms with Gasteiger partial charge in [-0.2, -0.15) is 4.31 Å². The highest BCUT2D eigenvalue weighted by Gasteiger charge is 2.31. The Labute approximate surface area is 253 Å². The molecule has 1 unspecified atom stereocenters. The summed E-state index contributed by atoms with van der Waals surface area (Å²) in [6.07, 6.45) is 0.427. The summed E-state index contributed by atoms with van der Waals surface area (Å²) in [7, 11) is -7.40. The highest BCUT2D eigenvalue weighted by molar-refractivity contribution is 7.92. The highest BCUT2D eigenvalue weighted by atomic mass is 32.2. The van der Waals surface area contributed by atoms with Crippen LogP contribution in [-0.4, -0.2) is 71.8 Å². The smallest absolute Gasteiger partial charge is 0.264 e. The SMILES string of the molecule is CCOC(O)c1oc2ccc(S(=O)(=O)N(CCc3ccccc3)c3ccccc3N3CCN(S(C)(=O)=O)CC3)cc2c1C. The maximum Gasteiger partial charge on any atom is 0.264 e. The fourth-order valence-electron chi connectivity index (χ4n) is 5.42. The third-order valence-corrected chi connectivity index (χ3v) is 10.8. The Morgan fingerprint density at radius 1 is 0.953 bits per heavy atom. The molecule has 0 saturated carbocycles. The van der Waals surface area contributed by atoms with Gasteiger partial charge in [0.1, 0.15) is 5.58 Å². The quantitative estimate of drug-likeness (QED) is 0.245. The van der Waals surface area contributed by atoms with Gasteiger partial charge in [-0.05, 0) is 56.2 Å². The first kappa shape index (κ1) is 31.0. The van der Waals surface area contributed by atoms with Crippen molar-refractivity contribution in [3.8, 4) is 0 Å². The maximum atomic E-state index is 14.5. The van der Waals surface area contributed by atoms with Gasteiger partial charge in [-0.1, -0.05) is 42.5 Å². The first-order valence-electron chi connectivity index (χ1n) is 14.2. The number of aryl methyl sites for hydroxylation is 1. The molecule has 43 heavy (non-hydrogen) atoms. The molecule has 4 aromatic rings. The number of rotatable bonds is 11. The third-order valence-electron chi connectivity index (χ3n) is 7.73. The Balaban J connectivity index is 1.55. The van der Waals surface area contributed by atoms with E-state index in [9.17, 15) is 21.9 Å². The molecule has 1 atom stereocenters. The fourth-order valence-corrected chi connectivity index (χ4v) is 7.76. The molecule has 10 nitrogen and oxygen atoms in total. The first-order valence-corrected chi connectivity index (χ1v) is 17.5. The molecule has 1 aliphatic rings. The molecule has 1 fully saturated rings. The van der Waals surface area contributed by atoms with Gasteiger partial charge in [0.2, 0.25) is 16.3 Å². The highest BCUT2D eigenvalue weighted by Crippen LogP contribution is 2.37. The number of aliphatic hydroxyl groups excluding tert-OH is 1. The molecule has 5 rings (SSSR count). The van der Waals surface area contributed by atoms with Crippen molar-refractivity contribution in [1.29, 1.82) is 0 Å². The summed E-state index contributed by atoms with van der Waals surface area (Å²) in [5.74, 6) is 0.242. The lowest BCUT2D eigenvalue weighted by Crippen LogP contribution is -2.48. The van der Waals surface area contributed by atoms with E-state index in [2.05, 4.69) is 0 Å². The van der Waals surface area contributed by atoms with Crippen molar-refractivity contribution in [3.63, 3.8) is 0 Å². The van der Waals surface area contributed by atoms with Gasteiger partial charge in [-0.3, -0.25) is 4.31 Å². The van der Waals surface area contributed by atoms with E-state index in [0.29, 0.717) is 54.8 Å². The molecule has 3 aromatic carbocycles. The van der Waals surface area contributed by atoms with Crippen LogP contribution in [-0.2, 0) is 31.2 Å². The predicted molar refractivity (Wildman–Crippen MR) is 167 cm³/mol. The summed E-state index contributed by atoms with van der Waals surface area (Å²) in [5.41, 5.74) is 3.29. The fraction of sp³-hybridized carbons (Fsp3) is 0.355. The minimum Gasteiger partial charge on any atom is -0.455 e. The molecule has 0 radical (unpaired) electrons. The van der Waals surface area contributed by atoms with Gasteiger partial charge in [0.15, 0.2) is 5.76 Å². The second-order valence-electron chi connectivity index (χ2n) is 10.5. The lowest BCUT2D eigenvalue weighted by molar-refractivity contribution is -0.110. The van der Waals surface area contributed by atoms with Gasteiger partial charge in [0, 0.05) is 50.3 Å². The standard InChI is InChI=1S/C31H37N3O7S2/c1-4-40-31(35)30-23(2)26-22-25(14-15-29(26)41-30)43(38,39)34(17-16-24-10-6-5-7-11-24)28-13-9-8-12-27(28)32-18-20-33(21-19-32)42(3,36)37/h5-15,22,31,35H,4,16-21H2,1-3H3. The van der Waals surface area contributed by atoms with Crippen molar-refractivity contribution in [3.05, 3.63) is 89.7 Å². The molecule has 2 heterocycles. The Morgan fingerprint density at radius 2 is 1.63 bits per heavy atom. The van der Waals surface area contributed by atoms with Crippen LogP contribution < -0.4 is 9.21 Å². The van der Waals surface area contributed by atoms with Crippen LogP contribution in [0.1, 0.15) is 30.1 Å². The zero-order valence-corrected chi connectivity index (χ0v) is 26.1. The molecule has 1 aromatic heterocycles. The lowest BCUT2D eigenvalue weighted by Gasteiger charge is -2.37. The van der Waals surface area contributed by atoms with Gasteiger partial charge >= 0.3 is 0 Å². The molecule has 0 aliphatic carbocycles. The summed E-state index contributed by atoms with van der Waals surface area (Å²) in [6, 6.07) is 21.7. The van der Waals surface area contributed by atoms with Crippen LogP contribution in [0.25, 0.3) is 11.0 Å². The number of piperazine rings is 1. The van der Waals surface area contributed by atoms with Gasteiger partial charge in [-0.15, -0.1) is 0 Å². The van der Waals surface area contributed by atoms with Crippen LogP contribution in [0.2, 0.25) is 0 Å². The minimum atomic E-state index is -4.08. The summed E-state index contributed by atoms with van der Waals surface area (Å²) in [4.78, 5) is 2.12. The molecule has 230 valence electrons. The van der Waals surface area contributed by atoms with Crippen LogP contribution in [0, 0.1) is 6.92 Å². The Bertz CT molecular complexity index is 1780. The number of hydrogen-bond donors (Lipinski definition) is 1. The molecule has 1 saturated heterocycles. The third kappa shape index (κ3) is 6.58. The Morgan fingerprint density at radius 3 is 2.30 bits per heavy atom. The van der Waals surface area contributed by atoms with Gasteiger partial charge in [0.05, 0.1) is 22.5 Å². The number of nitrogens with zero attached hydrogens (tertiary/aromatic N) is 3. The summed E-state index contributed by atoms with van der Waals surface area (Å²) in [5, 5.41) is 11.0. The molecular weight excluding hydrogens is 590 g/mol. The predicted octanol–water partition coefficient (Wildman–Crippen LogP) is 4.29. The van der Waals surface area contributed by atoms with E-state index in [1.54, 1.807) is 38.1 Å². The number of aliphatic hydroxyl groups is 1. The van der Waals surface area contributed by atoms with E-state index in [0.717, 1.165) is 11.3 Å². The minimum absolute atomic E-state index is 0.0890. The number of fused-ring (bicyclic) bond motifs is 1. The molecule has 1 aliphatic heterocycles. The zero-order chi connectivity index (χ0) is 30.8. The van der Waals surface area contributed by atoms with Crippen LogP contribution in [0.5, 0.6) is 0 Å². The number of furan rings is 1.